The molecule has 2 aromatic carbocycles. The molecule has 0 radical (unpaired) electrons. The molecular weight excluding hydrogens is 460 g/mol. The van der Waals surface area contributed by atoms with Crippen LogP contribution in [0.2, 0.25) is 0 Å². The van der Waals surface area contributed by atoms with E-state index in [2.05, 4.69) is 0 Å². The minimum atomic E-state index is -0.415. The fraction of sp³-hybridized carbons (Fsp3) is 0.407. The number of rotatable bonds is 5. The summed E-state index contributed by atoms with van der Waals surface area (Å²) < 4.78 is 0. The standard InChI is InChI=1S/C27H28N4O5/c32-27(19-8-2-1-3-9-19)29-26(21-11-5-13-23(17-21)31(35)36)24-14-6-10-20(25(24)28-29)15-18-7-4-12-22(16-18)30(33)34/h4-5,7,11-13,15-17,19,24,26H,1-3,6,8-10,14H2/b20-15+/t24-,26-/m0/s1. The topological polar surface area (TPSA) is 119 Å². The Morgan fingerprint density at radius 2 is 1.61 bits per heavy atom. The smallest absolute Gasteiger partial charge is 0.270 e. The highest BCUT2D eigenvalue weighted by atomic mass is 16.6. The number of fused-ring (bicyclic) bond motifs is 1. The molecule has 1 amide bonds. The van der Waals surface area contributed by atoms with Crippen LogP contribution in [0.1, 0.15) is 68.5 Å². The molecule has 2 atom stereocenters. The van der Waals surface area contributed by atoms with Crippen LogP contribution >= 0.6 is 0 Å². The Hall–Kier alpha value is -3.88. The van der Waals surface area contributed by atoms with Gasteiger partial charge in [-0.3, -0.25) is 25.0 Å². The maximum absolute atomic E-state index is 13.7. The van der Waals surface area contributed by atoms with E-state index in [9.17, 15) is 25.0 Å². The molecule has 2 fully saturated rings. The van der Waals surface area contributed by atoms with Gasteiger partial charge in [-0.05, 0) is 54.9 Å². The van der Waals surface area contributed by atoms with Crippen molar-refractivity contribution in [2.45, 2.75) is 57.4 Å². The van der Waals surface area contributed by atoms with Crippen molar-refractivity contribution in [3.8, 4) is 0 Å². The van der Waals surface area contributed by atoms with Gasteiger partial charge in [-0.1, -0.05) is 43.5 Å². The Bertz CT molecular complexity index is 1260. The average molecular weight is 489 g/mol. The van der Waals surface area contributed by atoms with Crippen molar-refractivity contribution < 1.29 is 14.6 Å². The van der Waals surface area contributed by atoms with E-state index in [0.717, 1.165) is 62.7 Å². The number of hydrogen-bond donors (Lipinski definition) is 0. The third-order valence-corrected chi connectivity index (χ3v) is 7.53. The van der Waals surface area contributed by atoms with Crippen molar-refractivity contribution in [1.29, 1.82) is 0 Å². The first kappa shape index (κ1) is 23.8. The lowest BCUT2D eigenvalue weighted by atomic mass is 9.77. The van der Waals surface area contributed by atoms with E-state index in [1.807, 2.05) is 18.2 Å². The predicted octanol–water partition coefficient (Wildman–Crippen LogP) is 6.21. The van der Waals surface area contributed by atoms with E-state index in [-0.39, 0.29) is 29.1 Å². The predicted molar refractivity (Wildman–Crippen MR) is 135 cm³/mol. The summed E-state index contributed by atoms with van der Waals surface area (Å²) in [5, 5.41) is 29.2. The Morgan fingerprint density at radius 1 is 0.917 bits per heavy atom. The molecule has 2 saturated carbocycles. The molecule has 0 aromatic heterocycles. The molecule has 2 aromatic rings. The molecule has 2 aliphatic carbocycles. The van der Waals surface area contributed by atoms with E-state index in [1.165, 1.54) is 18.2 Å². The summed E-state index contributed by atoms with van der Waals surface area (Å²) in [6.45, 7) is 0. The molecule has 36 heavy (non-hydrogen) atoms. The van der Waals surface area contributed by atoms with Gasteiger partial charge in [0.05, 0.1) is 21.6 Å². The van der Waals surface area contributed by atoms with Crippen LogP contribution in [0.15, 0.2) is 59.2 Å². The lowest BCUT2D eigenvalue weighted by Gasteiger charge is -2.32. The second-order valence-corrected chi connectivity index (χ2v) is 9.82. The van der Waals surface area contributed by atoms with Crippen LogP contribution in [0.4, 0.5) is 11.4 Å². The molecule has 0 saturated heterocycles. The highest BCUT2D eigenvalue weighted by Crippen LogP contribution is 2.46. The molecule has 0 bridgehead atoms. The number of nitro benzene ring substituents is 2. The fourth-order valence-electron chi connectivity index (χ4n) is 5.80. The first-order valence-corrected chi connectivity index (χ1v) is 12.5. The van der Waals surface area contributed by atoms with Crippen molar-refractivity contribution in [3.63, 3.8) is 0 Å². The number of nitro groups is 2. The maximum Gasteiger partial charge on any atom is 0.270 e. The summed E-state index contributed by atoms with van der Waals surface area (Å²) in [4.78, 5) is 35.6. The van der Waals surface area contributed by atoms with Gasteiger partial charge >= 0.3 is 0 Å². The number of non-ortho nitro benzene ring substituents is 2. The fourth-order valence-corrected chi connectivity index (χ4v) is 5.80. The monoisotopic (exact) mass is 488 g/mol. The van der Waals surface area contributed by atoms with Crippen LogP contribution in [0.3, 0.4) is 0 Å². The SMILES string of the molecule is O=C(C1CCCCC1)N1N=C2/C(=C/c3cccc([N+](=O)[O-])c3)CCC[C@@H]2[C@@H]1c1cccc([N+](=O)[O-])c1. The van der Waals surface area contributed by atoms with Gasteiger partial charge in [-0.15, -0.1) is 0 Å². The van der Waals surface area contributed by atoms with Crippen LogP contribution in [0, 0.1) is 32.1 Å². The highest BCUT2D eigenvalue weighted by Gasteiger charge is 2.45. The van der Waals surface area contributed by atoms with E-state index in [4.69, 9.17) is 5.10 Å². The first-order valence-electron chi connectivity index (χ1n) is 12.5. The molecule has 0 spiro atoms. The van der Waals surface area contributed by atoms with Gasteiger partial charge in [-0.25, -0.2) is 5.01 Å². The molecule has 5 rings (SSSR count). The molecule has 186 valence electrons. The van der Waals surface area contributed by atoms with Crippen molar-refractivity contribution >= 4 is 29.1 Å². The number of hydrazone groups is 1. The maximum atomic E-state index is 13.7. The van der Waals surface area contributed by atoms with Gasteiger partial charge in [0.1, 0.15) is 0 Å². The van der Waals surface area contributed by atoms with Crippen molar-refractivity contribution in [3.05, 3.63) is 85.5 Å². The molecule has 3 aliphatic rings. The molecule has 9 heteroatoms. The van der Waals surface area contributed by atoms with E-state index >= 15 is 0 Å². The van der Waals surface area contributed by atoms with Gasteiger partial charge in [0.25, 0.3) is 11.4 Å². The average Bonchev–Trinajstić information content (AvgIpc) is 3.29. The summed E-state index contributed by atoms with van der Waals surface area (Å²) in [5.41, 5.74) is 3.22. The highest BCUT2D eigenvalue weighted by molar-refractivity contribution is 6.08. The van der Waals surface area contributed by atoms with Crippen LogP contribution in [0.25, 0.3) is 6.08 Å². The summed E-state index contributed by atoms with van der Waals surface area (Å²) >= 11 is 0. The van der Waals surface area contributed by atoms with Gasteiger partial charge < -0.3 is 0 Å². The normalized spacial score (nSPS) is 23.3. The largest absolute Gasteiger partial charge is 0.273 e. The van der Waals surface area contributed by atoms with Crippen molar-refractivity contribution in [2.24, 2.45) is 16.9 Å². The Labute approximate surface area is 208 Å². The number of carbonyl (C=O) groups excluding carboxylic acids is 1. The minimum absolute atomic E-state index is 0.00538. The summed E-state index contributed by atoms with van der Waals surface area (Å²) in [7, 11) is 0. The minimum Gasteiger partial charge on any atom is -0.273 e. The van der Waals surface area contributed by atoms with E-state index in [1.54, 1.807) is 23.2 Å². The molecule has 9 nitrogen and oxygen atoms in total. The number of nitrogens with zero attached hydrogens (tertiary/aromatic N) is 4. The zero-order chi connectivity index (χ0) is 25.2. The number of allylic oxidation sites excluding steroid dienone is 1. The lowest BCUT2D eigenvalue weighted by Crippen LogP contribution is -2.36. The summed E-state index contributed by atoms with van der Waals surface area (Å²) in [5.74, 6) is -0.185. The molecule has 1 aliphatic heterocycles. The molecule has 0 unspecified atom stereocenters. The van der Waals surface area contributed by atoms with E-state index in [0.29, 0.717) is 11.1 Å². The summed E-state index contributed by atoms with van der Waals surface area (Å²) in [6.07, 6.45) is 9.21. The van der Waals surface area contributed by atoms with Crippen LogP contribution in [0.5, 0.6) is 0 Å². The third kappa shape index (κ3) is 4.65. The van der Waals surface area contributed by atoms with E-state index < -0.39 is 15.9 Å². The van der Waals surface area contributed by atoms with Crippen LogP contribution in [-0.2, 0) is 4.79 Å². The van der Waals surface area contributed by atoms with Gasteiger partial charge in [0.2, 0.25) is 5.91 Å². The Balaban J connectivity index is 1.55. The lowest BCUT2D eigenvalue weighted by molar-refractivity contribution is -0.385. The van der Waals surface area contributed by atoms with Gasteiger partial charge in [0.15, 0.2) is 0 Å². The Morgan fingerprint density at radius 3 is 2.33 bits per heavy atom. The quantitative estimate of drug-likeness (QED) is 0.366. The second-order valence-electron chi connectivity index (χ2n) is 9.82. The van der Waals surface area contributed by atoms with Gasteiger partial charge in [0, 0.05) is 36.1 Å². The third-order valence-electron chi connectivity index (χ3n) is 7.53. The summed E-state index contributed by atoms with van der Waals surface area (Å²) in [6, 6.07) is 12.6. The van der Waals surface area contributed by atoms with Crippen molar-refractivity contribution in [2.75, 3.05) is 0 Å². The number of hydrogen-bond acceptors (Lipinski definition) is 6. The van der Waals surface area contributed by atoms with Crippen LogP contribution < -0.4 is 0 Å². The van der Waals surface area contributed by atoms with Crippen molar-refractivity contribution in [1.82, 2.24) is 5.01 Å². The molecule has 1 heterocycles. The first-order chi connectivity index (χ1) is 17.4. The zero-order valence-corrected chi connectivity index (χ0v) is 19.9. The number of amides is 1. The second kappa shape index (κ2) is 10.0. The number of benzene rings is 2. The zero-order valence-electron chi connectivity index (χ0n) is 19.9. The van der Waals surface area contributed by atoms with Gasteiger partial charge in [-0.2, -0.15) is 5.10 Å². The van der Waals surface area contributed by atoms with Crippen LogP contribution in [-0.4, -0.2) is 26.5 Å². The molecular formula is C27H28N4O5. The number of carbonyl (C=O) groups is 1. The Kier molecular flexibility index (Phi) is 6.63. The molecule has 0 N–H and O–H groups in total.